The van der Waals surface area contributed by atoms with Gasteiger partial charge < -0.3 is 9.64 Å². The molecule has 44 heavy (non-hydrogen) atoms. The highest BCUT2D eigenvalue weighted by atomic mass is 16.6. The van der Waals surface area contributed by atoms with Gasteiger partial charge in [0, 0.05) is 30.8 Å². The molecule has 0 spiro atoms. The Morgan fingerprint density at radius 3 is 2.07 bits per heavy atom. The predicted octanol–water partition coefficient (Wildman–Crippen LogP) is 9.30. The van der Waals surface area contributed by atoms with Crippen LogP contribution >= 0.6 is 0 Å². The SMILES string of the molecule is CCN(CCOC(=O)CCCc1ccc2ccc3cccc4ccc1c2c34)c1ccc(N=Nc2ccc([N+](=O)[O-])cc2)cc1. The Morgan fingerprint density at radius 1 is 0.795 bits per heavy atom. The number of carbonyl (C=O) groups excluding carboxylic acids is 1. The van der Waals surface area contributed by atoms with Crippen molar-refractivity contribution in [3.63, 3.8) is 0 Å². The van der Waals surface area contributed by atoms with Crippen LogP contribution in [-0.4, -0.2) is 30.6 Å². The fraction of sp³-hybridized carbons (Fsp3) is 0.194. The Bertz CT molecular complexity index is 1940. The third kappa shape index (κ3) is 6.20. The van der Waals surface area contributed by atoms with Gasteiger partial charge in [-0.3, -0.25) is 14.9 Å². The lowest BCUT2D eigenvalue weighted by molar-refractivity contribution is -0.384. The van der Waals surface area contributed by atoms with Crippen molar-refractivity contribution in [2.75, 3.05) is 24.6 Å². The van der Waals surface area contributed by atoms with Crippen LogP contribution in [0.5, 0.6) is 0 Å². The van der Waals surface area contributed by atoms with E-state index < -0.39 is 4.92 Å². The predicted molar refractivity (Wildman–Crippen MR) is 176 cm³/mol. The second-order valence-corrected chi connectivity index (χ2v) is 10.7. The summed E-state index contributed by atoms with van der Waals surface area (Å²) in [5.74, 6) is -0.180. The summed E-state index contributed by atoms with van der Waals surface area (Å²) < 4.78 is 5.59. The van der Waals surface area contributed by atoms with Crippen LogP contribution in [0.3, 0.4) is 0 Å². The van der Waals surface area contributed by atoms with Crippen molar-refractivity contribution in [1.82, 2.24) is 0 Å². The number of rotatable bonds is 12. The van der Waals surface area contributed by atoms with Crippen molar-refractivity contribution in [2.45, 2.75) is 26.2 Å². The van der Waals surface area contributed by atoms with Gasteiger partial charge in [0.05, 0.1) is 22.8 Å². The van der Waals surface area contributed by atoms with Crippen molar-refractivity contribution in [3.05, 3.63) is 119 Å². The minimum absolute atomic E-state index is 0.0126. The van der Waals surface area contributed by atoms with E-state index in [0.29, 0.717) is 30.9 Å². The molecule has 8 heteroatoms. The van der Waals surface area contributed by atoms with E-state index in [4.69, 9.17) is 4.74 Å². The van der Waals surface area contributed by atoms with Crippen molar-refractivity contribution >= 4 is 61.0 Å². The van der Waals surface area contributed by atoms with E-state index in [1.165, 1.54) is 50.0 Å². The molecule has 220 valence electrons. The molecule has 0 saturated heterocycles. The Hall–Kier alpha value is -5.37. The van der Waals surface area contributed by atoms with Crippen LogP contribution in [0, 0.1) is 10.1 Å². The lowest BCUT2D eigenvalue weighted by Gasteiger charge is -2.23. The molecule has 0 N–H and O–H groups in total. The number of hydrogen-bond acceptors (Lipinski definition) is 7. The van der Waals surface area contributed by atoms with Crippen molar-refractivity contribution in [3.8, 4) is 0 Å². The molecule has 0 fully saturated rings. The monoisotopic (exact) mass is 584 g/mol. The summed E-state index contributed by atoms with van der Waals surface area (Å²) in [4.78, 5) is 25.1. The maximum Gasteiger partial charge on any atom is 0.305 e. The molecular weight excluding hydrogens is 552 g/mol. The van der Waals surface area contributed by atoms with Crippen LogP contribution < -0.4 is 4.90 Å². The molecule has 0 unspecified atom stereocenters. The molecule has 0 saturated carbocycles. The second kappa shape index (κ2) is 12.9. The quantitative estimate of drug-likeness (QED) is 0.0469. The van der Waals surface area contributed by atoms with E-state index in [2.05, 4.69) is 76.6 Å². The van der Waals surface area contributed by atoms with Crippen LogP contribution in [0.15, 0.2) is 113 Å². The maximum absolute atomic E-state index is 12.6. The van der Waals surface area contributed by atoms with Crippen LogP contribution in [-0.2, 0) is 16.0 Å². The first-order valence-corrected chi connectivity index (χ1v) is 14.8. The highest BCUT2D eigenvalue weighted by Gasteiger charge is 2.12. The second-order valence-electron chi connectivity index (χ2n) is 10.7. The number of likely N-dealkylation sites (N-methyl/N-ethyl adjacent to an activating group) is 1. The lowest BCUT2D eigenvalue weighted by Crippen LogP contribution is -2.27. The van der Waals surface area contributed by atoms with E-state index in [9.17, 15) is 14.9 Å². The molecule has 0 aliphatic carbocycles. The number of non-ortho nitro benzene ring substituents is 1. The molecule has 6 rings (SSSR count). The zero-order valence-electron chi connectivity index (χ0n) is 24.5. The molecule has 0 heterocycles. The summed E-state index contributed by atoms with van der Waals surface area (Å²) in [5.41, 5.74) is 3.47. The van der Waals surface area contributed by atoms with Gasteiger partial charge >= 0.3 is 5.97 Å². The van der Waals surface area contributed by atoms with Gasteiger partial charge in [-0.1, -0.05) is 54.6 Å². The normalized spacial score (nSPS) is 11.6. The summed E-state index contributed by atoms with van der Waals surface area (Å²) in [6, 6.07) is 33.1. The third-order valence-electron chi connectivity index (χ3n) is 8.01. The zero-order chi connectivity index (χ0) is 30.5. The van der Waals surface area contributed by atoms with E-state index in [1.54, 1.807) is 12.1 Å². The number of azo groups is 1. The van der Waals surface area contributed by atoms with Crippen LogP contribution in [0.4, 0.5) is 22.7 Å². The maximum atomic E-state index is 12.6. The summed E-state index contributed by atoms with van der Waals surface area (Å²) in [6.07, 6.45) is 1.93. The largest absolute Gasteiger partial charge is 0.464 e. The van der Waals surface area contributed by atoms with Gasteiger partial charge in [0.15, 0.2) is 0 Å². The number of esters is 1. The number of hydrogen-bond donors (Lipinski definition) is 0. The lowest BCUT2D eigenvalue weighted by atomic mass is 9.90. The average Bonchev–Trinajstić information content (AvgIpc) is 3.05. The highest BCUT2D eigenvalue weighted by Crippen LogP contribution is 2.36. The van der Waals surface area contributed by atoms with E-state index in [-0.39, 0.29) is 11.7 Å². The number of nitro groups is 1. The third-order valence-corrected chi connectivity index (χ3v) is 8.01. The van der Waals surface area contributed by atoms with Gasteiger partial charge in [-0.05, 0) is 94.0 Å². The number of aryl methyl sites for hydroxylation is 1. The van der Waals surface area contributed by atoms with E-state index >= 15 is 0 Å². The smallest absolute Gasteiger partial charge is 0.305 e. The first kappa shape index (κ1) is 28.7. The number of anilines is 1. The summed E-state index contributed by atoms with van der Waals surface area (Å²) >= 11 is 0. The van der Waals surface area contributed by atoms with Crippen molar-refractivity contribution < 1.29 is 14.5 Å². The first-order valence-electron chi connectivity index (χ1n) is 14.8. The number of nitro benzene ring substituents is 1. The Kier molecular flexibility index (Phi) is 8.41. The molecule has 0 aliphatic rings. The molecule has 6 aromatic carbocycles. The fourth-order valence-electron chi connectivity index (χ4n) is 5.74. The van der Waals surface area contributed by atoms with Gasteiger partial charge in [0.2, 0.25) is 0 Å². The summed E-state index contributed by atoms with van der Waals surface area (Å²) in [6.45, 7) is 3.71. The van der Waals surface area contributed by atoms with Crippen LogP contribution in [0.1, 0.15) is 25.3 Å². The van der Waals surface area contributed by atoms with Crippen LogP contribution in [0.25, 0.3) is 32.3 Å². The molecule has 0 amide bonds. The summed E-state index contributed by atoms with van der Waals surface area (Å²) in [7, 11) is 0. The minimum atomic E-state index is -0.448. The van der Waals surface area contributed by atoms with Gasteiger partial charge in [-0.15, -0.1) is 0 Å². The summed E-state index contributed by atoms with van der Waals surface area (Å²) in [5, 5.41) is 26.8. The average molecular weight is 585 g/mol. The molecule has 0 bridgehead atoms. The number of ether oxygens (including phenoxy) is 1. The van der Waals surface area contributed by atoms with Gasteiger partial charge in [0.1, 0.15) is 6.61 Å². The Labute approximate surface area is 255 Å². The van der Waals surface area contributed by atoms with Gasteiger partial charge in [-0.25, -0.2) is 0 Å². The van der Waals surface area contributed by atoms with E-state index in [1.807, 2.05) is 24.3 Å². The standard InChI is InChI=1S/C36H32N4O4/c1-2-39(31-18-14-29(15-19-31)37-38-30-16-20-32(21-17-30)40(42)43)23-24-44-34(41)8-4-5-25-9-10-28-12-11-26-6-3-7-27-13-22-33(25)36(28)35(26)27/h3,6-7,9-22H,2,4-5,8,23-24H2,1H3. The topological polar surface area (TPSA) is 97.4 Å². The number of benzene rings is 6. The van der Waals surface area contributed by atoms with E-state index in [0.717, 1.165) is 25.1 Å². The molecule has 0 aromatic heterocycles. The molecule has 0 aliphatic heterocycles. The number of nitrogens with zero attached hydrogens (tertiary/aromatic N) is 4. The van der Waals surface area contributed by atoms with Gasteiger partial charge in [0.25, 0.3) is 5.69 Å². The van der Waals surface area contributed by atoms with Gasteiger partial charge in [-0.2, -0.15) is 10.2 Å². The minimum Gasteiger partial charge on any atom is -0.464 e. The molecule has 0 radical (unpaired) electrons. The van der Waals surface area contributed by atoms with Crippen LogP contribution in [0.2, 0.25) is 0 Å². The zero-order valence-corrected chi connectivity index (χ0v) is 24.5. The van der Waals surface area contributed by atoms with Crippen molar-refractivity contribution in [2.24, 2.45) is 10.2 Å². The number of carbonyl (C=O) groups is 1. The molecule has 0 atom stereocenters. The molecule has 6 aromatic rings. The fourth-order valence-corrected chi connectivity index (χ4v) is 5.74. The Balaban J connectivity index is 0.989. The molecular formula is C36H32N4O4. The first-order chi connectivity index (χ1) is 21.5. The highest BCUT2D eigenvalue weighted by molar-refractivity contribution is 6.23. The van der Waals surface area contributed by atoms with Crippen molar-refractivity contribution in [1.29, 1.82) is 0 Å². The Morgan fingerprint density at radius 2 is 1.41 bits per heavy atom. The molecule has 8 nitrogen and oxygen atoms in total.